The number of nitriles is 1. The fourth-order valence-corrected chi connectivity index (χ4v) is 1.19. The van der Waals surface area contributed by atoms with Gasteiger partial charge in [0.25, 0.3) is 0 Å². The summed E-state index contributed by atoms with van der Waals surface area (Å²) < 4.78 is 36.3. The van der Waals surface area contributed by atoms with Crippen molar-refractivity contribution in [3.05, 3.63) is 35.4 Å². The number of aliphatic hydroxyl groups is 1. The van der Waals surface area contributed by atoms with Gasteiger partial charge in [-0.25, -0.2) is 0 Å². The van der Waals surface area contributed by atoms with Crippen LogP contribution in [0.1, 0.15) is 37.3 Å². The number of alkyl halides is 3. The average molecular weight is 307 g/mol. The van der Waals surface area contributed by atoms with E-state index in [1.807, 2.05) is 0 Å². The van der Waals surface area contributed by atoms with Crippen molar-refractivity contribution in [2.45, 2.75) is 32.4 Å². The van der Waals surface area contributed by atoms with E-state index in [2.05, 4.69) is 6.92 Å². The zero-order chi connectivity index (χ0) is 14.0. The Morgan fingerprint density at radius 1 is 1.21 bits per heavy atom. The van der Waals surface area contributed by atoms with E-state index in [1.54, 1.807) is 0 Å². The average Bonchev–Trinajstić information content (AvgIpc) is 2.36. The van der Waals surface area contributed by atoms with Gasteiger partial charge in [-0.1, -0.05) is 31.9 Å². The normalized spacial score (nSPS) is 9.68. The molecular weight excluding hydrogens is 291 g/mol. The van der Waals surface area contributed by atoms with Gasteiger partial charge in [-0.15, -0.1) is 0 Å². The molecule has 0 heterocycles. The predicted octanol–water partition coefficient (Wildman–Crippen LogP) is 3.74. The molecule has 1 aromatic carbocycles. The summed E-state index contributed by atoms with van der Waals surface area (Å²) in [5.41, 5.74) is -1.22. The Hall–Kier alpha value is -0.826. The minimum absolute atomic E-state index is 0. The van der Waals surface area contributed by atoms with Crippen LogP contribution in [-0.2, 0) is 27.9 Å². The van der Waals surface area contributed by atoms with Crippen LogP contribution in [0, 0.1) is 11.3 Å². The maximum Gasteiger partial charge on any atom is 0.417 e. The third-order valence-electron chi connectivity index (χ3n) is 2.11. The number of rotatable bonds is 3. The summed E-state index contributed by atoms with van der Waals surface area (Å²) in [6.07, 6.45) is -1.11. The van der Waals surface area contributed by atoms with E-state index in [9.17, 15) is 13.2 Å². The van der Waals surface area contributed by atoms with Gasteiger partial charge < -0.3 is 5.11 Å². The maximum absolute atomic E-state index is 12.1. The molecular formula is C13H16F3NOTi. The third-order valence-corrected chi connectivity index (χ3v) is 2.11. The standard InChI is InChI=1S/C8H4F3N.C5H12O.Ti/c9-8(10,11)7-4-2-1-3-6(7)5-12;1-2-3-4-5-6;/h1-4H;6H,2-5H2,1H3;. The summed E-state index contributed by atoms with van der Waals surface area (Å²) in [5.74, 6) is 0. The number of aliphatic hydroxyl groups excluding tert-OH is 1. The van der Waals surface area contributed by atoms with E-state index >= 15 is 0 Å². The number of halogens is 3. The smallest absolute Gasteiger partial charge is 0.396 e. The van der Waals surface area contributed by atoms with Crippen LogP contribution in [0.4, 0.5) is 13.2 Å². The summed E-state index contributed by atoms with van der Waals surface area (Å²) >= 11 is 0. The quantitative estimate of drug-likeness (QED) is 0.683. The van der Waals surface area contributed by atoms with Crippen LogP contribution in [0.15, 0.2) is 24.3 Å². The molecule has 104 valence electrons. The number of benzene rings is 1. The molecule has 0 spiro atoms. The van der Waals surface area contributed by atoms with Crippen molar-refractivity contribution in [2.75, 3.05) is 6.61 Å². The molecule has 0 saturated carbocycles. The zero-order valence-electron chi connectivity index (χ0n) is 10.7. The minimum Gasteiger partial charge on any atom is -0.396 e. The third kappa shape index (κ3) is 8.82. The molecule has 2 nitrogen and oxygen atoms in total. The molecule has 0 aliphatic heterocycles. The van der Waals surface area contributed by atoms with Gasteiger partial charge in [0, 0.05) is 28.3 Å². The van der Waals surface area contributed by atoms with Crippen molar-refractivity contribution in [3.63, 3.8) is 0 Å². The van der Waals surface area contributed by atoms with E-state index in [4.69, 9.17) is 10.4 Å². The van der Waals surface area contributed by atoms with Gasteiger partial charge in [-0.05, 0) is 18.6 Å². The van der Waals surface area contributed by atoms with Crippen molar-refractivity contribution in [3.8, 4) is 6.07 Å². The summed E-state index contributed by atoms with van der Waals surface area (Å²) in [6, 6.07) is 6.16. The molecule has 0 atom stereocenters. The monoisotopic (exact) mass is 307 g/mol. The molecule has 0 aliphatic rings. The van der Waals surface area contributed by atoms with Gasteiger partial charge >= 0.3 is 6.18 Å². The number of hydrogen-bond acceptors (Lipinski definition) is 2. The van der Waals surface area contributed by atoms with Crippen LogP contribution in [0.3, 0.4) is 0 Å². The van der Waals surface area contributed by atoms with Crippen LogP contribution in [0.2, 0.25) is 0 Å². The van der Waals surface area contributed by atoms with E-state index in [1.165, 1.54) is 24.6 Å². The molecule has 19 heavy (non-hydrogen) atoms. The van der Waals surface area contributed by atoms with Gasteiger partial charge in [0.15, 0.2) is 0 Å². The van der Waals surface area contributed by atoms with E-state index in [0.717, 1.165) is 25.0 Å². The Morgan fingerprint density at radius 3 is 2.11 bits per heavy atom. The molecule has 0 saturated heterocycles. The van der Waals surface area contributed by atoms with Gasteiger partial charge in [0.2, 0.25) is 0 Å². The second-order valence-electron chi connectivity index (χ2n) is 3.59. The fraction of sp³-hybridized carbons (Fsp3) is 0.462. The van der Waals surface area contributed by atoms with Crippen molar-refractivity contribution in [2.24, 2.45) is 0 Å². The number of unbranched alkanes of at least 4 members (excludes halogenated alkanes) is 2. The largest absolute Gasteiger partial charge is 0.417 e. The molecule has 0 aliphatic carbocycles. The maximum atomic E-state index is 12.1. The Morgan fingerprint density at radius 2 is 1.79 bits per heavy atom. The zero-order valence-corrected chi connectivity index (χ0v) is 12.2. The van der Waals surface area contributed by atoms with Crippen molar-refractivity contribution >= 4 is 0 Å². The fourth-order valence-electron chi connectivity index (χ4n) is 1.19. The Balaban J connectivity index is 0. The Labute approximate surface area is 126 Å². The van der Waals surface area contributed by atoms with Crippen LogP contribution < -0.4 is 0 Å². The molecule has 1 rings (SSSR count). The number of hydrogen-bond donors (Lipinski definition) is 1. The molecule has 6 heteroatoms. The van der Waals surface area contributed by atoms with Crippen LogP contribution in [0.25, 0.3) is 0 Å². The second-order valence-corrected chi connectivity index (χ2v) is 3.59. The van der Waals surface area contributed by atoms with Gasteiger partial charge in [0.05, 0.1) is 17.2 Å². The van der Waals surface area contributed by atoms with E-state index in [0.29, 0.717) is 6.61 Å². The van der Waals surface area contributed by atoms with E-state index < -0.39 is 11.7 Å². The summed E-state index contributed by atoms with van der Waals surface area (Å²) in [5, 5.41) is 16.5. The second kappa shape index (κ2) is 11.0. The molecule has 0 radical (unpaired) electrons. The molecule has 0 bridgehead atoms. The van der Waals surface area contributed by atoms with Gasteiger partial charge in [-0.2, -0.15) is 18.4 Å². The van der Waals surface area contributed by atoms with Crippen LogP contribution in [-0.4, -0.2) is 11.7 Å². The van der Waals surface area contributed by atoms with Crippen molar-refractivity contribution < 1.29 is 40.0 Å². The van der Waals surface area contributed by atoms with Crippen molar-refractivity contribution in [1.82, 2.24) is 0 Å². The van der Waals surface area contributed by atoms with Crippen molar-refractivity contribution in [1.29, 1.82) is 5.26 Å². The first kappa shape index (κ1) is 20.5. The predicted molar refractivity (Wildman–Crippen MR) is 62.8 cm³/mol. The Bertz CT molecular complexity index is 384. The van der Waals surface area contributed by atoms with Crippen LogP contribution >= 0.6 is 0 Å². The first-order valence-electron chi connectivity index (χ1n) is 5.64. The van der Waals surface area contributed by atoms with Gasteiger partial charge in [0.1, 0.15) is 0 Å². The summed E-state index contributed by atoms with van der Waals surface area (Å²) in [6.45, 7) is 2.48. The Kier molecular flexibility index (Phi) is 11.9. The van der Waals surface area contributed by atoms with Crippen LogP contribution in [0.5, 0.6) is 0 Å². The summed E-state index contributed by atoms with van der Waals surface area (Å²) in [4.78, 5) is 0. The summed E-state index contributed by atoms with van der Waals surface area (Å²) in [7, 11) is 0. The topological polar surface area (TPSA) is 44.0 Å². The number of nitrogens with zero attached hydrogens (tertiary/aromatic N) is 1. The molecule has 0 amide bonds. The van der Waals surface area contributed by atoms with E-state index in [-0.39, 0.29) is 27.3 Å². The minimum atomic E-state index is -4.44. The SMILES string of the molecule is CCCCCO.N#Cc1ccccc1C(F)(F)F.[Ti]. The molecule has 0 unspecified atom stereocenters. The first-order valence-corrected chi connectivity index (χ1v) is 5.64. The first-order chi connectivity index (χ1) is 8.47. The van der Waals surface area contributed by atoms with Gasteiger partial charge in [-0.3, -0.25) is 0 Å². The molecule has 0 fully saturated rings. The molecule has 1 aromatic rings. The molecule has 0 aromatic heterocycles. The molecule has 1 N–H and O–H groups in total.